The fraction of sp³-hybridized carbons (Fsp3) is 0.794. The number of aromatic nitrogens is 1. The number of rotatable bonds is 4. The van der Waals surface area contributed by atoms with Crippen molar-refractivity contribution in [2.24, 2.45) is 0 Å². The number of amides is 2. The summed E-state index contributed by atoms with van der Waals surface area (Å²) in [5.74, 6) is 0.418. The summed E-state index contributed by atoms with van der Waals surface area (Å²) in [7, 11) is 2.05. The molecule has 4 fully saturated rings. The Hall–Kier alpha value is -1.74. The highest BCUT2D eigenvalue weighted by atomic mass is 35.5. The molecule has 1 aromatic rings. The molecule has 248 valence electrons. The zero-order valence-electron chi connectivity index (χ0n) is 28.4. The maximum Gasteiger partial charge on any atom is 0.242 e. The van der Waals surface area contributed by atoms with Gasteiger partial charge in [0.15, 0.2) is 0 Å². The van der Waals surface area contributed by atoms with Gasteiger partial charge in [0.1, 0.15) is 0 Å². The summed E-state index contributed by atoms with van der Waals surface area (Å²) in [4.78, 5) is 33.5. The predicted octanol–water partition coefficient (Wildman–Crippen LogP) is 6.38. The van der Waals surface area contributed by atoms with Gasteiger partial charge in [-0.2, -0.15) is 0 Å². The van der Waals surface area contributed by atoms with E-state index in [9.17, 15) is 9.59 Å². The van der Waals surface area contributed by atoms with E-state index in [4.69, 9.17) is 16.3 Å². The molecule has 0 radical (unpaired) electrons. The first-order valence-corrected chi connectivity index (χ1v) is 17.4. The molecule has 3 aliphatic heterocycles. The van der Waals surface area contributed by atoms with Gasteiger partial charge in [0.25, 0.3) is 0 Å². The SMILES string of the molecule is C1CCCCC1.CC.CC.CC(=O)NCC(=O)N1CCN(C)CC1C.Clc1ccc([C@H]2CCN(C3CCOCC3)C2)nc1. The minimum atomic E-state index is -0.162. The Morgan fingerprint density at radius 1 is 0.930 bits per heavy atom. The van der Waals surface area contributed by atoms with Crippen LogP contribution in [0, 0.1) is 0 Å². The van der Waals surface area contributed by atoms with Crippen LogP contribution in [0.2, 0.25) is 5.02 Å². The summed E-state index contributed by atoms with van der Waals surface area (Å²) >= 11 is 5.88. The molecule has 2 amide bonds. The first-order valence-electron chi connectivity index (χ1n) is 17.0. The molecule has 4 heterocycles. The first-order chi connectivity index (χ1) is 20.8. The van der Waals surface area contributed by atoms with Gasteiger partial charge >= 0.3 is 0 Å². The molecule has 1 aliphatic carbocycles. The fourth-order valence-corrected chi connectivity index (χ4v) is 6.02. The molecule has 5 rings (SSSR count). The van der Waals surface area contributed by atoms with Crippen LogP contribution in [-0.4, -0.2) is 103 Å². The van der Waals surface area contributed by atoms with E-state index >= 15 is 0 Å². The lowest BCUT2D eigenvalue weighted by Gasteiger charge is -2.38. The van der Waals surface area contributed by atoms with Crippen molar-refractivity contribution in [3.8, 4) is 0 Å². The quantitative estimate of drug-likeness (QED) is 0.419. The molecule has 3 saturated heterocycles. The highest BCUT2D eigenvalue weighted by molar-refractivity contribution is 6.30. The standard InChI is InChI=1S/C14H19ClN2O.C10H19N3O2.C6H12.2C2H6/c15-12-1-2-14(16-9-12)11-3-6-17(10-11)13-4-7-18-8-5-13;1-8-7-12(3)4-5-13(8)10(15)6-11-9(2)14;1-2-4-6-5-3-1;2*1-2/h1-2,9,11,13H,3-8,10H2;8H,4-7H2,1-3H3,(H,11,14);1-6H2;2*1-2H3/t11-;;;;/m0..../s1. The van der Waals surface area contributed by atoms with Crippen LogP contribution in [0.15, 0.2) is 18.3 Å². The molecule has 1 unspecified atom stereocenters. The van der Waals surface area contributed by atoms with Crippen molar-refractivity contribution >= 4 is 23.4 Å². The van der Waals surface area contributed by atoms with E-state index in [1.807, 2.05) is 52.6 Å². The summed E-state index contributed by atoms with van der Waals surface area (Å²) in [6.07, 6.45) is 14.3. The van der Waals surface area contributed by atoms with Crippen molar-refractivity contribution in [1.82, 2.24) is 25.0 Å². The van der Waals surface area contributed by atoms with Crippen LogP contribution in [0.1, 0.15) is 111 Å². The van der Waals surface area contributed by atoms with E-state index in [1.165, 1.54) is 76.9 Å². The van der Waals surface area contributed by atoms with Gasteiger partial charge in [0.05, 0.1) is 11.6 Å². The molecular formula is C34H62ClN5O3. The van der Waals surface area contributed by atoms with Crippen molar-refractivity contribution in [3.63, 3.8) is 0 Å². The molecule has 4 aliphatic rings. The van der Waals surface area contributed by atoms with Gasteiger partial charge in [-0.3, -0.25) is 19.5 Å². The van der Waals surface area contributed by atoms with Crippen LogP contribution >= 0.6 is 11.6 Å². The summed E-state index contributed by atoms with van der Waals surface area (Å²) in [5, 5.41) is 3.25. The van der Waals surface area contributed by atoms with Gasteiger partial charge in [0, 0.05) is 76.2 Å². The molecule has 1 aromatic heterocycles. The molecule has 2 atom stereocenters. The smallest absolute Gasteiger partial charge is 0.242 e. The van der Waals surface area contributed by atoms with E-state index in [1.54, 1.807) is 6.20 Å². The van der Waals surface area contributed by atoms with Crippen LogP contribution in [0.3, 0.4) is 0 Å². The van der Waals surface area contributed by atoms with Crippen molar-refractivity contribution in [1.29, 1.82) is 0 Å². The molecule has 1 N–H and O–H groups in total. The Bertz CT molecular complexity index is 851. The maximum absolute atomic E-state index is 11.7. The number of carbonyl (C=O) groups excluding carboxylic acids is 2. The number of piperazine rings is 1. The van der Waals surface area contributed by atoms with E-state index in [2.05, 4.69) is 26.2 Å². The zero-order chi connectivity index (χ0) is 32.0. The Balaban J connectivity index is 0.000000333. The summed E-state index contributed by atoms with van der Waals surface area (Å²) < 4.78 is 5.43. The Labute approximate surface area is 268 Å². The van der Waals surface area contributed by atoms with Gasteiger partial charge in [-0.05, 0) is 51.9 Å². The maximum atomic E-state index is 11.7. The predicted molar refractivity (Wildman–Crippen MR) is 180 cm³/mol. The second-order valence-corrected chi connectivity index (χ2v) is 11.9. The Kier molecular flexibility index (Phi) is 21.6. The second kappa shape index (κ2) is 23.6. The number of nitrogens with zero attached hydrogens (tertiary/aromatic N) is 4. The Morgan fingerprint density at radius 2 is 1.53 bits per heavy atom. The van der Waals surface area contributed by atoms with Crippen LogP contribution < -0.4 is 5.32 Å². The number of hydrogen-bond acceptors (Lipinski definition) is 6. The number of carbonyl (C=O) groups is 2. The molecule has 43 heavy (non-hydrogen) atoms. The second-order valence-electron chi connectivity index (χ2n) is 11.5. The third-order valence-electron chi connectivity index (χ3n) is 8.23. The van der Waals surface area contributed by atoms with Crippen LogP contribution in [0.5, 0.6) is 0 Å². The lowest BCUT2D eigenvalue weighted by atomic mass is 10.0. The van der Waals surface area contributed by atoms with Gasteiger partial charge < -0.3 is 19.9 Å². The summed E-state index contributed by atoms with van der Waals surface area (Å²) in [5.41, 5.74) is 1.19. The first kappa shape index (κ1) is 39.3. The minimum absolute atomic E-state index is 0.00537. The Morgan fingerprint density at radius 3 is 2.05 bits per heavy atom. The van der Waals surface area contributed by atoms with Gasteiger partial charge in [-0.25, -0.2) is 0 Å². The van der Waals surface area contributed by atoms with Crippen LogP contribution in [-0.2, 0) is 14.3 Å². The summed E-state index contributed by atoms with van der Waals surface area (Å²) in [6.45, 7) is 18.3. The number of pyridine rings is 1. The van der Waals surface area contributed by atoms with Gasteiger partial charge in [-0.15, -0.1) is 0 Å². The zero-order valence-corrected chi connectivity index (χ0v) is 29.1. The average molecular weight is 624 g/mol. The molecule has 0 spiro atoms. The molecule has 1 saturated carbocycles. The fourth-order valence-electron chi connectivity index (χ4n) is 5.91. The number of likely N-dealkylation sites (tertiary alicyclic amines) is 1. The van der Waals surface area contributed by atoms with E-state index in [0.717, 1.165) is 50.5 Å². The van der Waals surface area contributed by atoms with Crippen LogP contribution in [0.25, 0.3) is 0 Å². The monoisotopic (exact) mass is 623 g/mol. The normalized spacial score (nSPS) is 22.7. The number of halogens is 1. The molecule has 9 heteroatoms. The van der Waals surface area contributed by atoms with E-state index in [-0.39, 0.29) is 24.4 Å². The molecular weight excluding hydrogens is 562 g/mol. The van der Waals surface area contributed by atoms with E-state index < -0.39 is 0 Å². The number of likely N-dealkylation sites (N-methyl/N-ethyl adjacent to an activating group) is 1. The lowest BCUT2D eigenvalue weighted by Crippen LogP contribution is -2.54. The van der Waals surface area contributed by atoms with Crippen molar-refractivity contribution in [3.05, 3.63) is 29.0 Å². The minimum Gasteiger partial charge on any atom is -0.381 e. The molecule has 8 nitrogen and oxygen atoms in total. The topological polar surface area (TPSA) is 78.0 Å². The lowest BCUT2D eigenvalue weighted by molar-refractivity contribution is -0.136. The van der Waals surface area contributed by atoms with Crippen molar-refractivity contribution in [2.45, 2.75) is 117 Å². The number of hydrogen-bond donors (Lipinski definition) is 1. The average Bonchev–Trinajstić information content (AvgIpc) is 3.55. The number of nitrogens with one attached hydrogen (secondary N) is 1. The van der Waals surface area contributed by atoms with Crippen molar-refractivity contribution < 1.29 is 14.3 Å². The third kappa shape index (κ3) is 15.7. The van der Waals surface area contributed by atoms with Crippen LogP contribution in [0.4, 0.5) is 0 Å². The third-order valence-corrected chi connectivity index (χ3v) is 8.46. The largest absolute Gasteiger partial charge is 0.381 e. The van der Waals surface area contributed by atoms with E-state index in [0.29, 0.717) is 5.92 Å². The number of ether oxygens (including phenoxy) is 1. The molecule has 0 aromatic carbocycles. The highest BCUT2D eigenvalue weighted by Crippen LogP contribution is 2.30. The van der Waals surface area contributed by atoms with Gasteiger partial charge in [0.2, 0.25) is 11.8 Å². The molecule has 0 bridgehead atoms. The summed E-state index contributed by atoms with van der Waals surface area (Å²) in [6, 6.07) is 4.96. The van der Waals surface area contributed by atoms with Crippen molar-refractivity contribution in [2.75, 3.05) is 59.5 Å². The highest BCUT2D eigenvalue weighted by Gasteiger charge is 2.30. The van der Waals surface area contributed by atoms with Gasteiger partial charge in [-0.1, -0.05) is 77.8 Å².